The number of likely N-dealkylation sites (N-methyl/N-ethyl adjacent to an activating group) is 1. The molecule has 6 atom stereocenters. The van der Waals surface area contributed by atoms with Gasteiger partial charge in [-0.2, -0.15) is 10.1 Å². The number of carbonyl (C=O) groups is 2. The molecule has 0 spiro atoms. The summed E-state index contributed by atoms with van der Waals surface area (Å²) in [6.45, 7) is 33.6. The second-order valence-electron chi connectivity index (χ2n) is 24.8. The van der Waals surface area contributed by atoms with Gasteiger partial charge in [-0.1, -0.05) is 100 Å². The van der Waals surface area contributed by atoms with E-state index in [9.17, 15) is 9.59 Å². The number of anilines is 1. The van der Waals surface area contributed by atoms with Gasteiger partial charge in [-0.25, -0.2) is 9.38 Å². The molecule has 2 aliphatic heterocycles. The molecule has 5 fully saturated rings. The Balaban J connectivity index is 0.000000321. The fourth-order valence-corrected chi connectivity index (χ4v) is 13.6. The number of nitrogens with one attached hydrogen (secondary N) is 5. The number of amides is 2. The van der Waals surface area contributed by atoms with Gasteiger partial charge in [-0.3, -0.25) is 19.3 Å². The summed E-state index contributed by atoms with van der Waals surface area (Å²) in [6.07, 6.45) is 19.5. The van der Waals surface area contributed by atoms with E-state index in [1.165, 1.54) is 30.0 Å². The number of pyridine rings is 1. The fourth-order valence-electron chi connectivity index (χ4n) is 13.6. The maximum Gasteiger partial charge on any atom is 0.316 e. The number of carbonyl (C=O) groups excluding carboxylic acids is 2. The van der Waals surface area contributed by atoms with Gasteiger partial charge in [0.1, 0.15) is 18.0 Å². The zero-order chi connectivity index (χ0) is 64.0. The number of nitrogens with two attached hydrogens (primary N) is 1. The van der Waals surface area contributed by atoms with Gasteiger partial charge in [-0.05, 0) is 199 Å². The number of H-pyrrole nitrogens is 1. The third kappa shape index (κ3) is 16.2. The van der Waals surface area contributed by atoms with Crippen molar-refractivity contribution >= 4 is 65.7 Å². The number of nitrogen functional groups attached to an aromatic ring is 1. The number of likely N-dealkylation sites (tertiary alicyclic amines) is 1. The third-order valence-electron chi connectivity index (χ3n) is 19.3. The molecule has 0 bridgehead atoms. The predicted octanol–water partition coefficient (Wildman–Crippen LogP) is 12.7. The van der Waals surface area contributed by atoms with Crippen molar-refractivity contribution in [1.29, 1.82) is 5.41 Å². The molecule has 6 unspecified atom stereocenters. The van der Waals surface area contributed by atoms with E-state index in [1.54, 1.807) is 14.0 Å². The van der Waals surface area contributed by atoms with E-state index in [2.05, 4.69) is 118 Å². The van der Waals surface area contributed by atoms with Crippen LogP contribution >= 0.6 is 0 Å². The minimum absolute atomic E-state index is 0. The van der Waals surface area contributed by atoms with Gasteiger partial charge in [0.2, 0.25) is 11.8 Å². The lowest BCUT2D eigenvalue weighted by atomic mass is 9.81. The van der Waals surface area contributed by atoms with Crippen molar-refractivity contribution in [2.45, 2.75) is 223 Å². The van der Waals surface area contributed by atoms with E-state index < -0.39 is 0 Å². The number of amidine groups is 1. The highest BCUT2D eigenvalue weighted by atomic mass is 19.1. The zero-order valence-electron chi connectivity index (χ0n) is 55.5. The van der Waals surface area contributed by atoms with Crippen LogP contribution in [0.5, 0.6) is 0 Å². The summed E-state index contributed by atoms with van der Waals surface area (Å²) in [4.78, 5) is 45.2. The lowest BCUT2D eigenvalue weighted by molar-refractivity contribution is -0.142. The largest absolute Gasteiger partial charge is 0.460 e. The summed E-state index contributed by atoms with van der Waals surface area (Å²) >= 11 is 0. The Morgan fingerprint density at radius 2 is 1.74 bits per heavy atom. The van der Waals surface area contributed by atoms with Crippen LogP contribution in [0, 0.1) is 35.4 Å². The minimum atomic E-state index is -0.386. The van der Waals surface area contributed by atoms with Gasteiger partial charge in [0.25, 0.3) is 0 Å². The topological polar surface area (TPSA) is 203 Å². The zero-order valence-corrected chi connectivity index (χ0v) is 55.5. The molecule has 89 heavy (non-hydrogen) atoms. The van der Waals surface area contributed by atoms with Crippen molar-refractivity contribution in [2.75, 3.05) is 39.5 Å². The maximum atomic E-state index is 15.9. The molecule has 10 rings (SSSR count). The lowest BCUT2D eigenvalue weighted by Gasteiger charge is -2.29. The van der Waals surface area contributed by atoms with Crippen LogP contribution in [0.3, 0.4) is 0 Å². The number of halogens is 1. The number of benzene rings is 3. The Kier molecular flexibility index (Phi) is 26.3. The molecule has 5 aliphatic rings. The van der Waals surface area contributed by atoms with Crippen LogP contribution in [0.1, 0.15) is 205 Å². The Labute approximate surface area is 531 Å². The third-order valence-corrected chi connectivity index (χ3v) is 19.3. The molecule has 0 radical (unpaired) electrons. The Morgan fingerprint density at radius 1 is 1.01 bits per heavy atom. The first-order valence-corrected chi connectivity index (χ1v) is 33.3. The molecule has 3 aliphatic carbocycles. The number of rotatable bonds is 19. The van der Waals surface area contributed by atoms with Gasteiger partial charge < -0.3 is 41.7 Å². The van der Waals surface area contributed by atoms with Crippen LogP contribution in [0.2, 0.25) is 0 Å². The van der Waals surface area contributed by atoms with Crippen LogP contribution in [-0.2, 0) is 40.1 Å². The molecule has 7 N–H and O–H groups in total. The van der Waals surface area contributed by atoms with Gasteiger partial charge in [-0.15, -0.1) is 0 Å². The summed E-state index contributed by atoms with van der Waals surface area (Å²) in [5, 5.41) is 27.1. The van der Waals surface area contributed by atoms with Crippen molar-refractivity contribution in [3.8, 4) is 11.1 Å². The standard InChI is InChI=1S/C46H57FN8O.C22H36N4O2.2C2H6.CH4/c1-7-34-35-17-13-28(19-41(35)54-27(3)44(34)51-5)14-18-36-43(42-26(2)39(47)23-40(49)38(42)24-48)37(29-15-16-29)21-30(20-31-22-32(50-4)25-53-31)45(36)55-46(52-6)56-33-11-9-8-10-12-33;1-6-22(13-17(22)18-10-11-24-26(18)7-2)14-23-20(27)19-9-8-12-25(19)21(28)16(5)15(3)4;2*1-2;/h7,13,17,19,21,23-24,29,31-33,48,50,53-54H,3,6,8-12,14-16,18,20,22,25,49H2,1-2,4-5H3;10-11,15-17,19H,6-9,12-14H2,1-5H3,(H,23,27);2*1-2H3;1H4/b34-7-,48-24?,51-44?,55-46?;;;;. The number of aromatic nitrogens is 3. The molecule has 486 valence electrons. The first kappa shape index (κ1) is 71.3. The van der Waals surface area contributed by atoms with Crippen molar-refractivity contribution < 1.29 is 18.7 Å². The second-order valence-corrected chi connectivity index (χ2v) is 24.8. The van der Waals surface area contributed by atoms with Gasteiger partial charge >= 0.3 is 6.02 Å². The van der Waals surface area contributed by atoms with E-state index >= 15 is 4.39 Å². The number of fused-ring (bicyclic) bond motifs is 1. The number of aromatic amines is 1. The van der Waals surface area contributed by atoms with Crippen molar-refractivity contribution in [1.82, 2.24) is 35.6 Å². The summed E-state index contributed by atoms with van der Waals surface area (Å²) in [6, 6.07) is 12.9. The highest BCUT2D eigenvalue weighted by molar-refractivity contribution is 5.99. The Hall–Kier alpha value is -6.78. The SMILES string of the molecule is C.C=NC(=Nc1c(CC2CC(NC)CN2)cc(C2CC2)c(-c2c(C)c(F)cc(N)c2C=N)c1CCc1ccc2/c(=C/C)c(=NC)c(=C)[nH]c2c1)OC1CCCCC1.CC.CC.CCn1nccc1C1CC1(CC)CNC(=O)C1CCCN1C(=O)C(C)C(C)C. The molecule has 4 heterocycles. The summed E-state index contributed by atoms with van der Waals surface area (Å²) in [5.41, 5.74) is 16.9. The molecular weight excluding hydrogens is 1110 g/mol. The normalized spacial score (nSPS) is 21.4. The van der Waals surface area contributed by atoms with E-state index in [-0.39, 0.29) is 72.2 Å². The summed E-state index contributed by atoms with van der Waals surface area (Å²) in [7, 11) is 3.81. The second kappa shape index (κ2) is 32.8. The van der Waals surface area contributed by atoms with Crippen LogP contribution in [0.4, 0.5) is 15.8 Å². The van der Waals surface area contributed by atoms with Crippen LogP contribution < -0.4 is 37.6 Å². The molecule has 2 aromatic heterocycles. The molecule has 16 heteroatoms. The Bertz CT molecular complexity index is 3460. The number of aryl methyl sites for hydroxylation is 2. The van der Waals surface area contributed by atoms with Crippen molar-refractivity contribution in [3.05, 3.63) is 103 Å². The van der Waals surface area contributed by atoms with E-state index in [4.69, 9.17) is 20.9 Å². The minimum Gasteiger partial charge on any atom is -0.460 e. The molecule has 2 amide bonds. The first-order valence-electron chi connectivity index (χ1n) is 33.3. The van der Waals surface area contributed by atoms with E-state index in [0.717, 1.165) is 145 Å². The van der Waals surface area contributed by atoms with Crippen LogP contribution in [-0.4, -0.2) is 108 Å². The maximum absolute atomic E-state index is 15.9. The Morgan fingerprint density at radius 3 is 2.36 bits per heavy atom. The average molecular weight is 1220 g/mol. The van der Waals surface area contributed by atoms with Crippen molar-refractivity contribution in [3.63, 3.8) is 0 Å². The van der Waals surface area contributed by atoms with Crippen LogP contribution in [0.15, 0.2) is 57.6 Å². The number of nitrogens with zero attached hydrogens (tertiary/aromatic N) is 6. The number of ether oxygens (including phenoxy) is 1. The van der Waals surface area contributed by atoms with Crippen molar-refractivity contribution in [2.24, 2.45) is 32.2 Å². The van der Waals surface area contributed by atoms with Gasteiger partial charge in [0, 0.05) is 103 Å². The first-order chi connectivity index (χ1) is 42.5. The highest BCUT2D eigenvalue weighted by Crippen LogP contribution is 2.61. The summed E-state index contributed by atoms with van der Waals surface area (Å²) in [5.74, 6) is 0.768. The van der Waals surface area contributed by atoms with Crippen LogP contribution in [0.25, 0.3) is 34.7 Å². The molecule has 3 saturated carbocycles. The number of aliphatic imine (C=N–C) groups is 2. The van der Waals surface area contributed by atoms with Gasteiger partial charge in [0.05, 0.1) is 16.4 Å². The lowest BCUT2D eigenvalue weighted by Crippen LogP contribution is -2.49. The molecular formula is C73H109FN12O3. The average Bonchev–Trinajstić information content (AvgIpc) is 1.39. The molecule has 5 aromatic rings. The highest BCUT2D eigenvalue weighted by Gasteiger charge is 2.55. The molecule has 3 aromatic carbocycles. The fraction of sp³-hybridized carbons (Fsp3) is 0.575. The quantitative estimate of drug-likeness (QED) is 0.0268. The van der Waals surface area contributed by atoms with E-state index in [1.807, 2.05) is 59.7 Å². The van der Waals surface area contributed by atoms with E-state index in [0.29, 0.717) is 60.5 Å². The molecule has 2 saturated heterocycles. The molecule has 15 nitrogen and oxygen atoms in total. The number of hydrogen-bond donors (Lipinski definition) is 6. The smallest absolute Gasteiger partial charge is 0.316 e. The summed E-state index contributed by atoms with van der Waals surface area (Å²) < 4.78 is 24.4. The predicted molar refractivity (Wildman–Crippen MR) is 370 cm³/mol. The monoisotopic (exact) mass is 1220 g/mol. The van der Waals surface area contributed by atoms with Gasteiger partial charge in [0.15, 0.2) is 0 Å². The number of hydrogen-bond acceptors (Lipinski definition) is 10.